The fourth-order valence-electron chi connectivity index (χ4n) is 5.82. The molecule has 0 spiro atoms. The summed E-state index contributed by atoms with van der Waals surface area (Å²) in [5.41, 5.74) is 1.84. The van der Waals surface area contributed by atoms with E-state index in [2.05, 4.69) is 67.0 Å². The predicted octanol–water partition coefficient (Wildman–Crippen LogP) is 4.76. The minimum Gasteiger partial charge on any atom is -0.468 e. The number of halogens is 1. The van der Waals surface area contributed by atoms with Crippen LogP contribution in [0.25, 0.3) is 0 Å². The minimum absolute atomic E-state index is 0.0266. The van der Waals surface area contributed by atoms with E-state index in [1.807, 2.05) is 11.8 Å². The summed E-state index contributed by atoms with van der Waals surface area (Å²) in [6.45, 7) is 7.39. The first-order valence-corrected chi connectivity index (χ1v) is 14.0. The zero-order chi connectivity index (χ0) is 26.7. The van der Waals surface area contributed by atoms with Crippen LogP contribution in [0.4, 0.5) is 0 Å². The normalized spacial score (nSPS) is 19.2. The van der Waals surface area contributed by atoms with Gasteiger partial charge < -0.3 is 14.6 Å². The lowest BCUT2D eigenvalue weighted by Crippen LogP contribution is -2.57. The molecule has 0 bridgehead atoms. The van der Waals surface area contributed by atoms with Crippen molar-refractivity contribution >= 4 is 21.8 Å². The molecule has 1 atom stereocenters. The van der Waals surface area contributed by atoms with Gasteiger partial charge in [-0.15, -0.1) is 0 Å². The highest BCUT2D eigenvalue weighted by molar-refractivity contribution is 9.10. The highest BCUT2D eigenvalue weighted by Gasteiger charge is 2.40. The van der Waals surface area contributed by atoms with Crippen molar-refractivity contribution in [1.29, 1.82) is 0 Å². The number of aromatic nitrogens is 3. The smallest absolute Gasteiger partial charge is 0.261 e. The maximum Gasteiger partial charge on any atom is 0.261 e. The van der Waals surface area contributed by atoms with E-state index < -0.39 is 0 Å². The lowest BCUT2D eigenvalue weighted by molar-refractivity contribution is -0.00621. The second kappa shape index (κ2) is 11.4. The Morgan fingerprint density at radius 3 is 2.45 bits per heavy atom. The largest absolute Gasteiger partial charge is 0.468 e. The summed E-state index contributed by atoms with van der Waals surface area (Å²) in [7, 11) is 0. The van der Waals surface area contributed by atoms with Gasteiger partial charge in [-0.1, -0.05) is 28.1 Å². The average molecular weight is 581 g/mol. The Kier molecular flexibility index (Phi) is 7.95. The molecule has 0 saturated carbocycles. The summed E-state index contributed by atoms with van der Waals surface area (Å²) in [6.07, 6.45) is 10.3. The monoisotopic (exact) mass is 579 g/mol. The summed E-state index contributed by atoms with van der Waals surface area (Å²) >= 11 is 3.54. The second-order valence-corrected chi connectivity index (χ2v) is 11.5. The average Bonchev–Trinajstić information content (AvgIpc) is 2.93. The molecule has 2 aliphatic heterocycles. The first kappa shape index (κ1) is 26.6. The fraction of sp³-hybridized carbons (Fsp3) is 0.448. The molecular weight excluding hydrogens is 546 g/mol. The Morgan fingerprint density at radius 1 is 1.11 bits per heavy atom. The van der Waals surface area contributed by atoms with Crippen molar-refractivity contribution in [3.8, 4) is 5.88 Å². The van der Waals surface area contributed by atoms with E-state index in [9.17, 15) is 9.59 Å². The maximum atomic E-state index is 13.1. The van der Waals surface area contributed by atoms with Gasteiger partial charge in [-0.05, 0) is 81.9 Å². The number of amides is 1. The molecule has 200 valence electrons. The highest BCUT2D eigenvalue weighted by Crippen LogP contribution is 2.38. The number of rotatable bonds is 6. The number of carbonyl (C=O) groups excluding carboxylic acids is 1. The Morgan fingerprint density at radius 2 is 1.82 bits per heavy atom. The molecule has 38 heavy (non-hydrogen) atoms. The van der Waals surface area contributed by atoms with Crippen LogP contribution in [0.3, 0.4) is 0 Å². The third-order valence-corrected chi connectivity index (χ3v) is 8.76. The Labute approximate surface area is 231 Å². The Hall–Kier alpha value is -3.04. The first-order valence-electron chi connectivity index (χ1n) is 13.2. The molecule has 1 aromatic carbocycles. The van der Waals surface area contributed by atoms with Crippen LogP contribution in [0.1, 0.15) is 60.2 Å². The van der Waals surface area contributed by atoms with Crippen molar-refractivity contribution in [1.82, 2.24) is 24.8 Å². The molecule has 2 aromatic heterocycles. The van der Waals surface area contributed by atoms with E-state index in [1.165, 1.54) is 0 Å². The van der Waals surface area contributed by atoms with E-state index in [0.29, 0.717) is 24.9 Å². The van der Waals surface area contributed by atoms with Crippen LogP contribution in [-0.4, -0.2) is 62.4 Å². The van der Waals surface area contributed by atoms with Crippen molar-refractivity contribution in [2.75, 3.05) is 26.2 Å². The summed E-state index contributed by atoms with van der Waals surface area (Å²) in [5.74, 6) is 0.732. The molecular formula is C29H34BrN5O3. The number of likely N-dealkylation sites (tertiary alicyclic amines) is 2. The van der Waals surface area contributed by atoms with E-state index in [-0.39, 0.29) is 28.7 Å². The molecule has 0 radical (unpaired) electrons. The number of H-pyrrole nitrogens is 1. The quantitative estimate of drug-likeness (QED) is 0.452. The number of benzene rings is 1. The summed E-state index contributed by atoms with van der Waals surface area (Å²) < 4.78 is 7.45. The lowest BCUT2D eigenvalue weighted by Gasteiger charge is -2.49. The predicted molar refractivity (Wildman–Crippen MR) is 149 cm³/mol. The lowest BCUT2D eigenvalue weighted by atomic mass is 9.82. The number of aromatic amines is 1. The Balaban J connectivity index is 1.23. The third kappa shape index (κ3) is 5.68. The zero-order valence-electron chi connectivity index (χ0n) is 21.9. The van der Waals surface area contributed by atoms with Crippen LogP contribution in [-0.2, 0) is 0 Å². The molecule has 1 N–H and O–H groups in total. The molecule has 4 heterocycles. The van der Waals surface area contributed by atoms with Crippen LogP contribution in [0, 0.1) is 12.8 Å². The molecule has 0 aliphatic carbocycles. The van der Waals surface area contributed by atoms with Gasteiger partial charge in [-0.25, -0.2) is 4.98 Å². The number of carbonyl (C=O) groups is 1. The first-order chi connectivity index (χ1) is 18.3. The fourth-order valence-corrected chi connectivity index (χ4v) is 6.08. The van der Waals surface area contributed by atoms with Crippen LogP contribution in [0.15, 0.2) is 64.4 Å². The van der Waals surface area contributed by atoms with Crippen molar-refractivity contribution in [3.63, 3.8) is 0 Å². The topological polar surface area (TPSA) is 91.4 Å². The summed E-state index contributed by atoms with van der Waals surface area (Å²) in [5, 5.41) is 0. The van der Waals surface area contributed by atoms with Gasteiger partial charge in [0.25, 0.3) is 11.5 Å². The number of ether oxygens (including phenoxy) is 1. The van der Waals surface area contributed by atoms with Gasteiger partial charge in [-0.2, -0.15) is 0 Å². The molecule has 9 heteroatoms. The van der Waals surface area contributed by atoms with Crippen molar-refractivity contribution in [2.45, 2.75) is 51.2 Å². The van der Waals surface area contributed by atoms with E-state index in [4.69, 9.17) is 4.74 Å². The molecule has 3 aromatic rings. The van der Waals surface area contributed by atoms with Gasteiger partial charge in [0.15, 0.2) is 0 Å². The molecule has 1 amide bonds. The highest BCUT2D eigenvalue weighted by atomic mass is 79.9. The van der Waals surface area contributed by atoms with Gasteiger partial charge in [0, 0.05) is 47.6 Å². The zero-order valence-corrected chi connectivity index (χ0v) is 23.5. The van der Waals surface area contributed by atoms with E-state index in [0.717, 1.165) is 54.4 Å². The third-order valence-electron chi connectivity index (χ3n) is 8.23. The number of aryl methyl sites for hydroxylation is 1. The van der Waals surface area contributed by atoms with Crippen LogP contribution in [0.5, 0.6) is 5.88 Å². The number of pyridine rings is 1. The van der Waals surface area contributed by atoms with Crippen molar-refractivity contribution in [3.05, 3.63) is 86.6 Å². The molecule has 2 fully saturated rings. The molecule has 8 nitrogen and oxygen atoms in total. The number of nitrogens with zero attached hydrogens (tertiary/aromatic N) is 4. The number of piperidine rings is 2. The molecule has 2 aliphatic rings. The van der Waals surface area contributed by atoms with Crippen molar-refractivity contribution in [2.24, 2.45) is 5.92 Å². The number of nitrogens with one attached hydrogen (secondary N) is 1. The standard InChI is InChI=1S/C29H34BrN5O3/c1-20-7-12-33-27(36)25(20)28(37)34-17-10-29(2,11-18-34)35-15-8-22(9-16-35)26(21-3-5-23(30)6-4-21)38-24-19-31-13-14-32-24/h3-7,12-14,19,22,26H,8-11,15-18H2,1-2H3,(H,33,36). The van der Waals surface area contributed by atoms with Crippen molar-refractivity contribution < 1.29 is 9.53 Å². The second-order valence-electron chi connectivity index (χ2n) is 10.6. The van der Waals surface area contributed by atoms with Gasteiger partial charge in [-0.3, -0.25) is 19.5 Å². The summed E-state index contributed by atoms with van der Waals surface area (Å²) in [6, 6.07) is 10.1. The van der Waals surface area contributed by atoms with Gasteiger partial charge >= 0.3 is 0 Å². The van der Waals surface area contributed by atoms with Gasteiger partial charge in [0.05, 0.1) is 6.20 Å². The number of hydrogen-bond donors (Lipinski definition) is 1. The molecule has 2 saturated heterocycles. The van der Waals surface area contributed by atoms with Gasteiger partial charge in [0.1, 0.15) is 11.7 Å². The van der Waals surface area contributed by atoms with Gasteiger partial charge in [0.2, 0.25) is 5.88 Å². The van der Waals surface area contributed by atoms with Crippen LogP contribution in [0.2, 0.25) is 0 Å². The minimum atomic E-state index is -0.311. The van der Waals surface area contributed by atoms with Crippen LogP contribution >= 0.6 is 15.9 Å². The summed E-state index contributed by atoms with van der Waals surface area (Å²) in [4.78, 5) is 41.0. The Bertz CT molecular complexity index is 1300. The van der Waals surface area contributed by atoms with E-state index in [1.54, 1.807) is 30.9 Å². The maximum absolute atomic E-state index is 13.1. The SMILES string of the molecule is Cc1cc[nH]c(=O)c1C(=O)N1CCC(C)(N2CCC(C(Oc3cnccn3)c3ccc(Br)cc3)CC2)CC1. The molecule has 5 rings (SSSR count). The van der Waals surface area contributed by atoms with E-state index >= 15 is 0 Å². The van der Waals surface area contributed by atoms with Crippen LogP contribution < -0.4 is 10.3 Å². The number of hydrogen-bond acceptors (Lipinski definition) is 6. The molecule has 1 unspecified atom stereocenters.